The quantitative estimate of drug-likeness (QED) is 0.728. The first-order valence-electron chi connectivity index (χ1n) is 5.61. The van der Waals surface area contributed by atoms with Crippen molar-refractivity contribution in [3.05, 3.63) is 0 Å². The molecule has 2 unspecified atom stereocenters. The van der Waals surface area contributed by atoms with Gasteiger partial charge in [-0.25, -0.2) is 8.42 Å². The standard InChI is InChI=1S/C10H19NO5S/c1-3-9(10(12)13)17(14,15)7-8-6-11(2)4-5-16-8/h8-9H,3-7H2,1-2H3,(H,12,13). The zero-order chi connectivity index (χ0) is 13.1. The molecule has 100 valence electrons. The number of carboxylic acid groups (broad SMARTS) is 1. The van der Waals surface area contributed by atoms with E-state index in [1.807, 2.05) is 11.9 Å². The first kappa shape index (κ1) is 14.4. The van der Waals surface area contributed by atoms with Gasteiger partial charge in [-0.1, -0.05) is 6.92 Å². The third-order valence-electron chi connectivity index (χ3n) is 2.84. The summed E-state index contributed by atoms with van der Waals surface area (Å²) in [5, 5.41) is 7.54. The van der Waals surface area contributed by atoms with Crippen molar-refractivity contribution in [1.82, 2.24) is 4.90 Å². The number of ether oxygens (including phenoxy) is 1. The molecular formula is C10H19NO5S. The van der Waals surface area contributed by atoms with E-state index in [0.717, 1.165) is 6.54 Å². The molecule has 1 heterocycles. The maximum atomic E-state index is 11.9. The van der Waals surface area contributed by atoms with Gasteiger partial charge in [0.1, 0.15) is 0 Å². The molecular weight excluding hydrogens is 246 g/mol. The Hall–Kier alpha value is -0.660. The van der Waals surface area contributed by atoms with Gasteiger partial charge in [-0.3, -0.25) is 4.79 Å². The van der Waals surface area contributed by atoms with Crippen LogP contribution in [0.1, 0.15) is 13.3 Å². The van der Waals surface area contributed by atoms with Crippen molar-refractivity contribution in [2.75, 3.05) is 32.5 Å². The molecule has 1 saturated heterocycles. The highest BCUT2D eigenvalue weighted by atomic mass is 32.2. The van der Waals surface area contributed by atoms with Crippen LogP contribution in [0.3, 0.4) is 0 Å². The number of nitrogens with zero attached hydrogens (tertiary/aromatic N) is 1. The Morgan fingerprint density at radius 3 is 2.71 bits per heavy atom. The highest BCUT2D eigenvalue weighted by Gasteiger charge is 2.34. The molecule has 0 aromatic carbocycles. The zero-order valence-electron chi connectivity index (χ0n) is 10.1. The molecule has 17 heavy (non-hydrogen) atoms. The number of morpholine rings is 1. The number of carbonyl (C=O) groups is 1. The number of carboxylic acids is 1. The summed E-state index contributed by atoms with van der Waals surface area (Å²) in [6.45, 7) is 3.34. The lowest BCUT2D eigenvalue weighted by Gasteiger charge is -2.30. The van der Waals surface area contributed by atoms with Gasteiger partial charge in [0.15, 0.2) is 15.1 Å². The number of aliphatic carboxylic acids is 1. The molecule has 6 nitrogen and oxygen atoms in total. The summed E-state index contributed by atoms with van der Waals surface area (Å²) in [6.07, 6.45) is -0.340. The van der Waals surface area contributed by atoms with Gasteiger partial charge in [0, 0.05) is 13.1 Å². The van der Waals surface area contributed by atoms with Crippen molar-refractivity contribution in [2.45, 2.75) is 24.7 Å². The average Bonchev–Trinajstić information content (AvgIpc) is 2.16. The minimum atomic E-state index is -3.65. The van der Waals surface area contributed by atoms with Crippen LogP contribution in [0.25, 0.3) is 0 Å². The molecule has 1 fully saturated rings. The number of hydrogen-bond acceptors (Lipinski definition) is 5. The van der Waals surface area contributed by atoms with Gasteiger partial charge in [0.25, 0.3) is 0 Å². The summed E-state index contributed by atoms with van der Waals surface area (Å²) < 4.78 is 29.1. The van der Waals surface area contributed by atoms with Crippen LogP contribution in [-0.2, 0) is 19.4 Å². The maximum Gasteiger partial charge on any atom is 0.321 e. The second-order valence-electron chi connectivity index (χ2n) is 4.32. The molecule has 0 aliphatic carbocycles. The SMILES string of the molecule is CCC(C(=O)O)S(=O)(=O)CC1CN(C)CCO1. The van der Waals surface area contributed by atoms with Crippen molar-refractivity contribution in [3.63, 3.8) is 0 Å². The van der Waals surface area contributed by atoms with Crippen LogP contribution < -0.4 is 0 Å². The average molecular weight is 265 g/mol. The number of likely N-dealkylation sites (N-methyl/N-ethyl adjacent to an activating group) is 1. The highest BCUT2D eigenvalue weighted by Crippen LogP contribution is 2.13. The van der Waals surface area contributed by atoms with Crippen molar-refractivity contribution in [2.24, 2.45) is 0 Å². The van der Waals surface area contributed by atoms with Crippen molar-refractivity contribution in [1.29, 1.82) is 0 Å². The van der Waals surface area contributed by atoms with Gasteiger partial charge in [0.2, 0.25) is 0 Å². The second kappa shape index (κ2) is 5.79. The largest absolute Gasteiger partial charge is 0.480 e. The Kier molecular flexibility index (Phi) is 4.91. The first-order chi connectivity index (χ1) is 7.86. The van der Waals surface area contributed by atoms with Gasteiger partial charge >= 0.3 is 5.97 Å². The molecule has 0 saturated carbocycles. The molecule has 7 heteroatoms. The van der Waals surface area contributed by atoms with Crippen molar-refractivity contribution < 1.29 is 23.1 Å². The van der Waals surface area contributed by atoms with Crippen molar-refractivity contribution >= 4 is 15.8 Å². The number of sulfone groups is 1. The number of rotatable bonds is 5. The van der Waals surface area contributed by atoms with Crippen molar-refractivity contribution in [3.8, 4) is 0 Å². The lowest BCUT2D eigenvalue weighted by Crippen LogP contribution is -2.45. The zero-order valence-corrected chi connectivity index (χ0v) is 10.9. The maximum absolute atomic E-state index is 11.9. The van der Waals surface area contributed by atoms with E-state index < -0.39 is 27.2 Å². The van der Waals surface area contributed by atoms with Crippen LogP contribution in [0, 0.1) is 0 Å². The molecule has 0 radical (unpaired) electrons. The topological polar surface area (TPSA) is 83.9 Å². The first-order valence-corrected chi connectivity index (χ1v) is 7.33. The van der Waals surface area contributed by atoms with Crippen LogP contribution in [0.4, 0.5) is 0 Å². The molecule has 1 N–H and O–H groups in total. The summed E-state index contributed by atoms with van der Waals surface area (Å²) in [5.74, 6) is -1.50. The van der Waals surface area contributed by atoms with Gasteiger partial charge in [-0.15, -0.1) is 0 Å². The Morgan fingerprint density at radius 1 is 1.59 bits per heavy atom. The summed E-state index contributed by atoms with van der Waals surface area (Å²) in [5.41, 5.74) is 0. The third kappa shape index (κ3) is 3.93. The normalized spacial score (nSPS) is 24.5. The molecule has 0 aromatic heterocycles. The van der Waals surface area contributed by atoms with Gasteiger partial charge in [0.05, 0.1) is 18.5 Å². The molecule has 1 rings (SSSR count). The van der Waals surface area contributed by atoms with Crippen LogP contribution in [0.15, 0.2) is 0 Å². The smallest absolute Gasteiger partial charge is 0.321 e. The van der Waals surface area contributed by atoms with E-state index >= 15 is 0 Å². The van der Waals surface area contributed by atoms with Gasteiger partial charge in [-0.05, 0) is 13.5 Å². The van der Waals surface area contributed by atoms with Crippen LogP contribution in [-0.4, -0.2) is 68.2 Å². The highest BCUT2D eigenvalue weighted by molar-refractivity contribution is 7.92. The Labute approximate surface area is 101 Å². The minimum absolute atomic E-state index is 0.0836. The predicted octanol–water partition coefficient (Wildman–Crippen LogP) is -0.405. The molecule has 0 bridgehead atoms. The number of hydrogen-bond donors (Lipinski definition) is 1. The van der Waals surface area contributed by atoms with Gasteiger partial charge in [-0.2, -0.15) is 0 Å². The van der Waals surface area contributed by atoms with E-state index in [4.69, 9.17) is 9.84 Å². The molecule has 1 aliphatic heterocycles. The van der Waals surface area contributed by atoms with Gasteiger partial charge < -0.3 is 14.7 Å². The summed E-state index contributed by atoms with van der Waals surface area (Å²) >= 11 is 0. The van der Waals surface area contributed by atoms with E-state index in [2.05, 4.69) is 0 Å². The minimum Gasteiger partial charge on any atom is -0.480 e. The fourth-order valence-corrected chi connectivity index (χ4v) is 3.69. The Balaban J connectivity index is 2.68. The molecule has 0 amide bonds. The summed E-state index contributed by atoms with van der Waals surface area (Å²) in [7, 11) is -1.76. The van der Waals surface area contributed by atoms with E-state index in [1.165, 1.54) is 0 Å². The fourth-order valence-electron chi connectivity index (χ4n) is 1.93. The molecule has 0 spiro atoms. The van der Waals surface area contributed by atoms with E-state index in [0.29, 0.717) is 13.2 Å². The Morgan fingerprint density at radius 2 is 2.24 bits per heavy atom. The summed E-state index contributed by atoms with van der Waals surface area (Å²) in [6, 6.07) is 0. The fraction of sp³-hybridized carbons (Fsp3) is 0.900. The predicted molar refractivity (Wildman–Crippen MR) is 62.7 cm³/mol. The van der Waals surface area contributed by atoms with Crippen LogP contribution >= 0.6 is 0 Å². The summed E-state index contributed by atoms with van der Waals surface area (Å²) in [4.78, 5) is 12.8. The molecule has 2 atom stereocenters. The monoisotopic (exact) mass is 265 g/mol. The molecule has 1 aliphatic rings. The van der Waals surface area contributed by atoms with Crippen LogP contribution in [0.5, 0.6) is 0 Å². The van der Waals surface area contributed by atoms with E-state index in [9.17, 15) is 13.2 Å². The molecule has 0 aromatic rings. The third-order valence-corrected chi connectivity index (χ3v) is 5.08. The lowest BCUT2D eigenvalue weighted by molar-refractivity contribution is -0.136. The second-order valence-corrected chi connectivity index (χ2v) is 6.55. The van der Waals surface area contributed by atoms with E-state index in [1.54, 1.807) is 6.92 Å². The van der Waals surface area contributed by atoms with E-state index in [-0.39, 0.29) is 12.2 Å². The lowest BCUT2D eigenvalue weighted by atomic mass is 10.3. The Bertz CT molecular complexity index is 367. The van der Waals surface area contributed by atoms with Crippen LogP contribution in [0.2, 0.25) is 0 Å².